The molecule has 0 aliphatic rings. The van der Waals surface area contributed by atoms with E-state index < -0.39 is 18.5 Å². The van der Waals surface area contributed by atoms with Crippen LogP contribution in [0.25, 0.3) is 6.08 Å². The normalized spacial score (nSPS) is 10.5. The van der Waals surface area contributed by atoms with Crippen LogP contribution in [-0.2, 0) is 14.3 Å². The van der Waals surface area contributed by atoms with E-state index in [-0.39, 0.29) is 12.2 Å². The van der Waals surface area contributed by atoms with Crippen LogP contribution in [0.15, 0.2) is 29.8 Å². The van der Waals surface area contributed by atoms with Gasteiger partial charge in [0, 0.05) is 0 Å². The fourth-order valence-corrected chi connectivity index (χ4v) is 1.32. The number of nitrogens with zero attached hydrogens (tertiary/aromatic N) is 1. The largest absolute Gasteiger partial charge is 0.482 e. The quantitative estimate of drug-likeness (QED) is 0.481. The Morgan fingerprint density at radius 1 is 1.35 bits per heavy atom. The number of carbonyl (C=O) groups excluding carboxylic acids is 1. The molecule has 0 unspecified atom stereocenters. The van der Waals surface area contributed by atoms with Crippen molar-refractivity contribution in [2.45, 2.75) is 6.92 Å². The summed E-state index contributed by atoms with van der Waals surface area (Å²) in [6.07, 6.45) is 1.39. The Kier molecular flexibility index (Phi) is 5.78. The van der Waals surface area contributed by atoms with Crippen LogP contribution in [0.3, 0.4) is 0 Å². The second-order valence-corrected chi connectivity index (χ2v) is 3.64. The number of benzene rings is 1. The third-order valence-electron chi connectivity index (χ3n) is 2.17. The van der Waals surface area contributed by atoms with Gasteiger partial charge in [-0.15, -0.1) is 0 Å². The molecule has 0 heterocycles. The maximum atomic E-state index is 11.4. The molecule has 1 rings (SSSR count). The molecule has 0 aliphatic heterocycles. The number of hydrogen-bond donors (Lipinski definition) is 1. The zero-order chi connectivity index (χ0) is 15.0. The molecule has 0 saturated carbocycles. The summed E-state index contributed by atoms with van der Waals surface area (Å²) in [5.74, 6) is -1.36. The lowest BCUT2D eigenvalue weighted by Gasteiger charge is -2.03. The summed E-state index contributed by atoms with van der Waals surface area (Å²) < 4.78 is 9.70. The van der Waals surface area contributed by atoms with Crippen LogP contribution >= 0.6 is 0 Å². The van der Waals surface area contributed by atoms with Crippen LogP contribution in [0.1, 0.15) is 12.5 Å². The van der Waals surface area contributed by atoms with Gasteiger partial charge in [0.2, 0.25) is 0 Å². The van der Waals surface area contributed by atoms with Gasteiger partial charge >= 0.3 is 11.9 Å². The molecule has 0 amide bonds. The molecule has 0 fully saturated rings. The summed E-state index contributed by atoms with van der Waals surface area (Å²) in [6.45, 7) is 1.42. The first kappa shape index (κ1) is 15.2. The molecule has 0 aromatic heterocycles. The molecule has 0 radical (unpaired) electrons. The van der Waals surface area contributed by atoms with Gasteiger partial charge in [-0.3, -0.25) is 0 Å². The predicted molar refractivity (Wildman–Crippen MR) is 69.8 cm³/mol. The van der Waals surface area contributed by atoms with Gasteiger partial charge < -0.3 is 14.6 Å². The number of nitriles is 1. The number of aliphatic carboxylic acids is 1. The van der Waals surface area contributed by atoms with E-state index >= 15 is 0 Å². The minimum absolute atomic E-state index is 0.106. The van der Waals surface area contributed by atoms with E-state index in [4.69, 9.17) is 19.8 Å². The third-order valence-corrected chi connectivity index (χ3v) is 2.17. The molecule has 0 bridgehead atoms. The van der Waals surface area contributed by atoms with Crippen molar-refractivity contribution in [3.8, 4) is 11.8 Å². The average Bonchev–Trinajstić information content (AvgIpc) is 2.44. The summed E-state index contributed by atoms with van der Waals surface area (Å²) in [6, 6.07) is 8.08. The maximum Gasteiger partial charge on any atom is 0.348 e. The van der Waals surface area contributed by atoms with Crippen molar-refractivity contribution in [1.29, 1.82) is 5.26 Å². The first-order valence-electron chi connectivity index (χ1n) is 5.80. The Hall–Kier alpha value is -2.81. The van der Waals surface area contributed by atoms with Crippen molar-refractivity contribution in [3.63, 3.8) is 0 Å². The molecule has 0 aliphatic carbocycles. The van der Waals surface area contributed by atoms with Gasteiger partial charge in [-0.25, -0.2) is 9.59 Å². The van der Waals surface area contributed by atoms with E-state index in [2.05, 4.69) is 0 Å². The summed E-state index contributed by atoms with van der Waals surface area (Å²) in [7, 11) is 0. The molecule has 1 N–H and O–H groups in total. The van der Waals surface area contributed by atoms with Crippen molar-refractivity contribution in [3.05, 3.63) is 35.4 Å². The van der Waals surface area contributed by atoms with E-state index in [0.717, 1.165) is 0 Å². The maximum absolute atomic E-state index is 11.4. The topological polar surface area (TPSA) is 96.6 Å². The van der Waals surface area contributed by atoms with Crippen molar-refractivity contribution >= 4 is 18.0 Å². The SMILES string of the molecule is CCOC(=O)/C(C#N)=C/c1ccc(OCC(=O)O)cc1. The van der Waals surface area contributed by atoms with Gasteiger partial charge in [0.25, 0.3) is 0 Å². The minimum atomic E-state index is -1.07. The summed E-state index contributed by atoms with van der Waals surface area (Å²) >= 11 is 0. The molecule has 6 heteroatoms. The van der Waals surface area contributed by atoms with Crippen molar-refractivity contribution in [2.75, 3.05) is 13.2 Å². The van der Waals surface area contributed by atoms with Crippen LogP contribution < -0.4 is 4.74 Å². The van der Waals surface area contributed by atoms with Crippen LogP contribution in [0.5, 0.6) is 5.75 Å². The first-order valence-corrected chi connectivity index (χ1v) is 5.80. The minimum Gasteiger partial charge on any atom is -0.482 e. The third kappa shape index (κ3) is 4.82. The summed E-state index contributed by atoms with van der Waals surface area (Å²) in [4.78, 5) is 21.8. The molecule has 6 nitrogen and oxygen atoms in total. The zero-order valence-corrected chi connectivity index (χ0v) is 10.8. The number of hydrogen-bond acceptors (Lipinski definition) is 5. The van der Waals surface area contributed by atoms with Crippen molar-refractivity contribution < 1.29 is 24.2 Å². The highest BCUT2D eigenvalue weighted by atomic mass is 16.5. The second kappa shape index (κ2) is 7.59. The second-order valence-electron chi connectivity index (χ2n) is 3.64. The molecule has 0 atom stereocenters. The van der Waals surface area contributed by atoms with Gasteiger partial charge in [-0.05, 0) is 30.7 Å². The van der Waals surface area contributed by atoms with Gasteiger partial charge in [0.05, 0.1) is 6.61 Å². The smallest absolute Gasteiger partial charge is 0.348 e. The van der Waals surface area contributed by atoms with Crippen LogP contribution in [-0.4, -0.2) is 30.3 Å². The zero-order valence-electron chi connectivity index (χ0n) is 10.8. The Morgan fingerprint density at radius 2 is 2.00 bits per heavy atom. The molecule has 0 saturated heterocycles. The van der Waals surface area contributed by atoms with E-state index in [9.17, 15) is 9.59 Å². The van der Waals surface area contributed by atoms with Gasteiger partial charge in [-0.2, -0.15) is 5.26 Å². The lowest BCUT2D eigenvalue weighted by atomic mass is 10.1. The van der Waals surface area contributed by atoms with E-state index in [1.807, 2.05) is 0 Å². The number of esters is 1. The monoisotopic (exact) mass is 275 g/mol. The highest BCUT2D eigenvalue weighted by Crippen LogP contribution is 2.15. The lowest BCUT2D eigenvalue weighted by Crippen LogP contribution is -2.09. The van der Waals surface area contributed by atoms with Gasteiger partial charge in [-0.1, -0.05) is 12.1 Å². The Bertz CT molecular complexity index is 554. The van der Waals surface area contributed by atoms with Crippen molar-refractivity contribution in [1.82, 2.24) is 0 Å². The lowest BCUT2D eigenvalue weighted by molar-refractivity contribution is -0.139. The van der Waals surface area contributed by atoms with E-state index in [1.165, 1.54) is 6.08 Å². The number of carboxylic acid groups (broad SMARTS) is 1. The van der Waals surface area contributed by atoms with Crippen molar-refractivity contribution in [2.24, 2.45) is 0 Å². The van der Waals surface area contributed by atoms with Crippen LogP contribution in [0.2, 0.25) is 0 Å². The number of carboxylic acids is 1. The molecule has 104 valence electrons. The van der Waals surface area contributed by atoms with E-state index in [1.54, 1.807) is 37.3 Å². The summed E-state index contributed by atoms with van der Waals surface area (Å²) in [5, 5.41) is 17.3. The molecule has 1 aromatic carbocycles. The first-order chi connectivity index (χ1) is 9.56. The average molecular weight is 275 g/mol. The van der Waals surface area contributed by atoms with E-state index in [0.29, 0.717) is 11.3 Å². The molecule has 20 heavy (non-hydrogen) atoms. The predicted octanol–water partition coefficient (Wildman–Crippen LogP) is 1.62. The van der Waals surface area contributed by atoms with Gasteiger partial charge in [0.15, 0.2) is 6.61 Å². The summed E-state index contributed by atoms with van der Waals surface area (Å²) in [5.41, 5.74) is 0.503. The number of carbonyl (C=O) groups is 2. The van der Waals surface area contributed by atoms with Crippen LogP contribution in [0.4, 0.5) is 0 Å². The standard InChI is InChI=1S/C14H13NO5/c1-2-19-14(18)11(8-15)7-10-3-5-12(6-4-10)20-9-13(16)17/h3-7H,2,9H2,1H3,(H,16,17)/b11-7+. The fourth-order valence-electron chi connectivity index (χ4n) is 1.32. The molecule has 0 spiro atoms. The molecular weight excluding hydrogens is 262 g/mol. The Morgan fingerprint density at radius 3 is 2.50 bits per heavy atom. The Balaban J connectivity index is 2.79. The highest BCUT2D eigenvalue weighted by Gasteiger charge is 2.09. The molecular formula is C14H13NO5. The number of rotatable bonds is 6. The fraction of sp³-hybridized carbons (Fsp3) is 0.214. The van der Waals surface area contributed by atoms with Crippen LogP contribution in [0, 0.1) is 11.3 Å². The van der Waals surface area contributed by atoms with Gasteiger partial charge in [0.1, 0.15) is 17.4 Å². The molecule has 1 aromatic rings. The number of ether oxygens (including phenoxy) is 2. The highest BCUT2D eigenvalue weighted by molar-refractivity contribution is 5.97. The Labute approximate surface area is 115 Å².